The van der Waals surface area contributed by atoms with Crippen molar-refractivity contribution in [3.8, 4) is 0 Å². The lowest BCUT2D eigenvalue weighted by atomic mass is 9.85. The van der Waals surface area contributed by atoms with Crippen molar-refractivity contribution in [1.82, 2.24) is 10.2 Å². The molecule has 0 spiro atoms. The van der Waals surface area contributed by atoms with Gasteiger partial charge in [0.1, 0.15) is 5.60 Å². The Hall–Kier alpha value is -2.04. The summed E-state index contributed by atoms with van der Waals surface area (Å²) >= 11 is 0. The lowest BCUT2D eigenvalue weighted by molar-refractivity contribution is -0.135. The van der Waals surface area contributed by atoms with Crippen LogP contribution in [0.3, 0.4) is 0 Å². The first-order chi connectivity index (χ1) is 11.7. The fourth-order valence-electron chi connectivity index (χ4n) is 3.21. The van der Waals surface area contributed by atoms with Crippen LogP contribution in [0.1, 0.15) is 52.0 Å². The van der Waals surface area contributed by atoms with Crippen LogP contribution in [0.5, 0.6) is 0 Å². The van der Waals surface area contributed by atoms with E-state index in [0.717, 1.165) is 31.2 Å². The molecule has 2 amide bonds. The van der Waals surface area contributed by atoms with E-state index in [1.807, 2.05) is 63.1 Å². The van der Waals surface area contributed by atoms with Gasteiger partial charge in [0, 0.05) is 25.6 Å². The highest BCUT2D eigenvalue weighted by molar-refractivity contribution is 5.78. The van der Waals surface area contributed by atoms with Gasteiger partial charge in [-0.3, -0.25) is 4.79 Å². The van der Waals surface area contributed by atoms with E-state index < -0.39 is 5.60 Å². The topological polar surface area (TPSA) is 58.6 Å². The minimum atomic E-state index is -0.489. The van der Waals surface area contributed by atoms with Crippen LogP contribution in [0.2, 0.25) is 0 Å². The smallest absolute Gasteiger partial charge is 0.407 e. The van der Waals surface area contributed by atoms with E-state index in [-0.39, 0.29) is 24.0 Å². The zero-order chi connectivity index (χ0) is 18.4. The second-order valence-corrected chi connectivity index (χ2v) is 7.87. The van der Waals surface area contributed by atoms with E-state index in [1.165, 1.54) is 0 Å². The number of ether oxygens (including phenoxy) is 1. The average molecular weight is 346 g/mol. The Morgan fingerprint density at radius 1 is 1.12 bits per heavy atom. The maximum Gasteiger partial charge on any atom is 0.407 e. The lowest BCUT2D eigenvalue weighted by Gasteiger charge is -2.31. The summed E-state index contributed by atoms with van der Waals surface area (Å²) in [6.45, 7) is 6.19. The first-order valence-corrected chi connectivity index (χ1v) is 9.03. The van der Waals surface area contributed by atoms with Gasteiger partial charge in [0.05, 0.1) is 0 Å². The summed E-state index contributed by atoms with van der Waals surface area (Å²) in [5, 5.41) is 2.92. The molecule has 1 aromatic rings. The van der Waals surface area contributed by atoms with Crippen LogP contribution >= 0.6 is 0 Å². The summed E-state index contributed by atoms with van der Waals surface area (Å²) in [6, 6.07) is 10.1. The number of rotatable bonds is 4. The van der Waals surface area contributed by atoms with E-state index in [0.29, 0.717) is 6.54 Å². The molecule has 0 radical (unpaired) electrons. The molecule has 1 aromatic carbocycles. The quantitative estimate of drug-likeness (QED) is 0.904. The van der Waals surface area contributed by atoms with E-state index in [2.05, 4.69) is 5.32 Å². The van der Waals surface area contributed by atoms with Crippen LogP contribution < -0.4 is 5.32 Å². The summed E-state index contributed by atoms with van der Waals surface area (Å²) in [6.07, 6.45) is 2.86. The van der Waals surface area contributed by atoms with Crippen molar-refractivity contribution in [2.24, 2.45) is 5.92 Å². The Morgan fingerprint density at radius 2 is 1.72 bits per heavy atom. The Labute approximate surface area is 150 Å². The van der Waals surface area contributed by atoms with E-state index in [9.17, 15) is 9.59 Å². The van der Waals surface area contributed by atoms with Crippen molar-refractivity contribution in [3.63, 3.8) is 0 Å². The number of hydrogen-bond donors (Lipinski definition) is 1. The zero-order valence-corrected chi connectivity index (χ0v) is 15.7. The standard InChI is InChI=1S/C20H30N2O3/c1-20(2,3)25-19(24)21-17-12-10-16(11-13-17)18(23)22(4)14-15-8-6-5-7-9-15/h5-9,16-17H,10-14H2,1-4H3,(H,21,24)/t16-,17-. The van der Waals surface area contributed by atoms with E-state index in [1.54, 1.807) is 0 Å². The van der Waals surface area contributed by atoms with Crippen molar-refractivity contribution in [2.75, 3.05) is 7.05 Å². The number of amides is 2. The first kappa shape index (κ1) is 19.3. The Bertz CT molecular complexity index is 572. The second-order valence-electron chi connectivity index (χ2n) is 7.87. The summed E-state index contributed by atoms with van der Waals surface area (Å²) in [5.41, 5.74) is 0.649. The molecule has 1 aliphatic carbocycles. The molecule has 0 bridgehead atoms. The maximum absolute atomic E-state index is 12.6. The minimum Gasteiger partial charge on any atom is -0.444 e. The number of alkyl carbamates (subject to hydrolysis) is 1. The van der Waals surface area contributed by atoms with Gasteiger partial charge in [-0.05, 0) is 52.0 Å². The van der Waals surface area contributed by atoms with Crippen LogP contribution in [0.15, 0.2) is 30.3 Å². The van der Waals surface area contributed by atoms with Crippen molar-refractivity contribution < 1.29 is 14.3 Å². The SMILES string of the molecule is CN(Cc1ccccc1)C(=O)[C@H]1CC[C@H](NC(=O)OC(C)(C)C)CC1. The molecular weight excluding hydrogens is 316 g/mol. The fraction of sp³-hybridized carbons (Fsp3) is 0.600. The third-order valence-corrected chi connectivity index (χ3v) is 4.44. The fourth-order valence-corrected chi connectivity index (χ4v) is 3.21. The molecule has 2 rings (SSSR count). The molecule has 0 saturated heterocycles. The number of hydrogen-bond acceptors (Lipinski definition) is 3. The molecule has 0 heterocycles. The number of benzene rings is 1. The molecule has 0 aromatic heterocycles. The van der Waals surface area contributed by atoms with Gasteiger partial charge in [-0.1, -0.05) is 30.3 Å². The molecule has 1 saturated carbocycles. The van der Waals surface area contributed by atoms with Crippen molar-refractivity contribution in [1.29, 1.82) is 0 Å². The molecule has 0 atom stereocenters. The monoisotopic (exact) mass is 346 g/mol. The Kier molecular flexibility index (Phi) is 6.45. The molecule has 0 aliphatic heterocycles. The molecule has 5 nitrogen and oxygen atoms in total. The molecular formula is C20H30N2O3. The van der Waals surface area contributed by atoms with Gasteiger partial charge >= 0.3 is 6.09 Å². The van der Waals surface area contributed by atoms with Gasteiger partial charge in [0.2, 0.25) is 5.91 Å². The lowest BCUT2D eigenvalue weighted by Crippen LogP contribution is -2.43. The molecule has 1 aliphatic rings. The molecule has 138 valence electrons. The summed E-state index contributed by atoms with van der Waals surface area (Å²) in [4.78, 5) is 26.3. The van der Waals surface area contributed by atoms with Gasteiger partial charge in [-0.15, -0.1) is 0 Å². The molecule has 1 fully saturated rings. The highest BCUT2D eigenvalue weighted by Crippen LogP contribution is 2.26. The molecule has 25 heavy (non-hydrogen) atoms. The highest BCUT2D eigenvalue weighted by Gasteiger charge is 2.29. The molecule has 1 N–H and O–H groups in total. The van der Waals surface area contributed by atoms with Crippen LogP contribution in [0.25, 0.3) is 0 Å². The third kappa shape index (κ3) is 6.40. The minimum absolute atomic E-state index is 0.0467. The summed E-state index contributed by atoms with van der Waals surface area (Å²) in [7, 11) is 1.86. The highest BCUT2D eigenvalue weighted by atomic mass is 16.6. The summed E-state index contributed by atoms with van der Waals surface area (Å²) in [5.74, 6) is 0.241. The normalized spacial score (nSPS) is 20.6. The Balaban J connectivity index is 1.77. The van der Waals surface area contributed by atoms with Gasteiger partial charge < -0.3 is 15.0 Å². The van der Waals surface area contributed by atoms with Crippen LogP contribution in [0.4, 0.5) is 4.79 Å². The summed E-state index contributed by atoms with van der Waals surface area (Å²) < 4.78 is 5.29. The third-order valence-electron chi connectivity index (χ3n) is 4.44. The first-order valence-electron chi connectivity index (χ1n) is 9.03. The molecule has 5 heteroatoms. The number of carbonyl (C=O) groups is 2. The predicted molar refractivity (Wildman–Crippen MR) is 98.0 cm³/mol. The van der Waals surface area contributed by atoms with Crippen molar-refractivity contribution in [3.05, 3.63) is 35.9 Å². The van der Waals surface area contributed by atoms with Crippen molar-refractivity contribution in [2.45, 2.75) is 64.6 Å². The number of nitrogens with zero attached hydrogens (tertiary/aromatic N) is 1. The van der Waals surface area contributed by atoms with E-state index in [4.69, 9.17) is 4.74 Å². The second kappa shape index (κ2) is 8.37. The number of nitrogens with one attached hydrogen (secondary N) is 1. The number of carbonyl (C=O) groups excluding carboxylic acids is 2. The Morgan fingerprint density at radius 3 is 2.28 bits per heavy atom. The van der Waals surface area contributed by atoms with E-state index >= 15 is 0 Å². The largest absolute Gasteiger partial charge is 0.444 e. The van der Waals surface area contributed by atoms with Crippen LogP contribution in [-0.2, 0) is 16.1 Å². The van der Waals surface area contributed by atoms with Gasteiger partial charge in [0.15, 0.2) is 0 Å². The maximum atomic E-state index is 12.6. The average Bonchev–Trinajstić information content (AvgIpc) is 2.54. The van der Waals surface area contributed by atoms with Gasteiger partial charge in [0.25, 0.3) is 0 Å². The van der Waals surface area contributed by atoms with Gasteiger partial charge in [-0.25, -0.2) is 4.79 Å². The molecule has 0 unspecified atom stereocenters. The van der Waals surface area contributed by atoms with Crippen LogP contribution in [-0.4, -0.2) is 35.6 Å². The predicted octanol–water partition coefficient (Wildman–Crippen LogP) is 3.73. The van der Waals surface area contributed by atoms with Gasteiger partial charge in [-0.2, -0.15) is 0 Å². The van der Waals surface area contributed by atoms with Crippen LogP contribution in [0, 0.1) is 5.92 Å². The zero-order valence-electron chi connectivity index (χ0n) is 15.7. The van der Waals surface area contributed by atoms with Crippen molar-refractivity contribution >= 4 is 12.0 Å².